The normalized spacial score (nSPS) is 19.3. The number of esters is 1. The third-order valence-corrected chi connectivity index (χ3v) is 5.64. The van der Waals surface area contributed by atoms with Crippen LogP contribution in [0.3, 0.4) is 0 Å². The molecule has 2 fully saturated rings. The highest BCUT2D eigenvalue weighted by Gasteiger charge is 2.33. The lowest BCUT2D eigenvalue weighted by Gasteiger charge is -2.41. The molecule has 0 aliphatic heterocycles. The molecule has 1 aromatic heterocycles. The predicted molar refractivity (Wildman–Crippen MR) is 96.5 cm³/mol. The molecule has 0 unspecified atom stereocenters. The minimum absolute atomic E-state index is 0.0728. The SMILES string of the molecule is Cc1noc(N)c1C(=O)OCC(=O)N(C1CCCCC1)C1CCCCC1. The van der Waals surface area contributed by atoms with Crippen molar-refractivity contribution in [3.8, 4) is 0 Å². The zero-order chi connectivity index (χ0) is 18.5. The van der Waals surface area contributed by atoms with Gasteiger partial charge >= 0.3 is 5.97 Å². The molecule has 26 heavy (non-hydrogen) atoms. The van der Waals surface area contributed by atoms with Crippen LogP contribution in [0, 0.1) is 6.92 Å². The van der Waals surface area contributed by atoms with Crippen molar-refractivity contribution in [3.63, 3.8) is 0 Å². The van der Waals surface area contributed by atoms with E-state index in [4.69, 9.17) is 15.0 Å². The van der Waals surface area contributed by atoms with Crippen molar-refractivity contribution in [2.45, 2.75) is 83.2 Å². The molecule has 144 valence electrons. The van der Waals surface area contributed by atoms with E-state index in [1.165, 1.54) is 12.8 Å². The third-order valence-electron chi connectivity index (χ3n) is 5.64. The van der Waals surface area contributed by atoms with Crippen molar-refractivity contribution in [1.82, 2.24) is 10.1 Å². The van der Waals surface area contributed by atoms with Crippen LogP contribution >= 0.6 is 0 Å². The standard InChI is InChI=1S/C19H29N3O4/c1-13-17(18(20)26-21-13)19(24)25-12-16(23)22(14-8-4-2-5-9-14)15-10-6-3-7-11-15/h14-15H,2-12,20H2,1H3. The van der Waals surface area contributed by atoms with E-state index >= 15 is 0 Å². The van der Waals surface area contributed by atoms with E-state index in [-0.39, 0.29) is 36.0 Å². The summed E-state index contributed by atoms with van der Waals surface area (Å²) in [6.07, 6.45) is 11.3. The smallest absolute Gasteiger partial charge is 0.346 e. The number of carbonyl (C=O) groups is 2. The lowest BCUT2D eigenvalue weighted by molar-refractivity contribution is -0.141. The number of aromatic nitrogens is 1. The van der Waals surface area contributed by atoms with E-state index in [2.05, 4.69) is 5.16 Å². The average Bonchev–Trinajstić information content (AvgIpc) is 3.00. The number of anilines is 1. The first kappa shape index (κ1) is 18.7. The zero-order valence-corrected chi connectivity index (χ0v) is 15.5. The van der Waals surface area contributed by atoms with Crippen LogP contribution < -0.4 is 5.73 Å². The Balaban J connectivity index is 1.65. The monoisotopic (exact) mass is 363 g/mol. The van der Waals surface area contributed by atoms with E-state index in [9.17, 15) is 9.59 Å². The topological polar surface area (TPSA) is 98.7 Å². The van der Waals surface area contributed by atoms with Crippen molar-refractivity contribution in [2.24, 2.45) is 0 Å². The molecule has 0 bridgehead atoms. The maximum atomic E-state index is 13.0. The number of nitrogen functional groups attached to an aromatic ring is 1. The number of carbonyl (C=O) groups excluding carboxylic acids is 2. The van der Waals surface area contributed by atoms with Crippen LogP contribution in [0.2, 0.25) is 0 Å². The third kappa shape index (κ3) is 4.19. The molecule has 2 aliphatic rings. The van der Waals surface area contributed by atoms with Crippen LogP contribution in [-0.2, 0) is 9.53 Å². The summed E-state index contributed by atoms with van der Waals surface area (Å²) in [4.78, 5) is 27.3. The second-order valence-electron chi connectivity index (χ2n) is 7.47. The minimum atomic E-state index is -0.651. The zero-order valence-electron chi connectivity index (χ0n) is 15.5. The molecule has 1 aromatic rings. The van der Waals surface area contributed by atoms with Gasteiger partial charge in [0.25, 0.3) is 5.91 Å². The number of rotatable bonds is 5. The summed E-state index contributed by atoms with van der Waals surface area (Å²) in [5.41, 5.74) is 6.10. The van der Waals surface area contributed by atoms with Crippen LogP contribution in [-0.4, -0.2) is 40.6 Å². The molecule has 2 aliphatic carbocycles. The highest BCUT2D eigenvalue weighted by molar-refractivity contribution is 5.96. The summed E-state index contributed by atoms with van der Waals surface area (Å²) < 4.78 is 10.1. The van der Waals surface area contributed by atoms with Crippen LogP contribution in [0.15, 0.2) is 4.52 Å². The van der Waals surface area contributed by atoms with Crippen molar-refractivity contribution in [2.75, 3.05) is 12.3 Å². The molecular formula is C19H29N3O4. The van der Waals surface area contributed by atoms with Crippen LogP contribution in [0.4, 0.5) is 5.88 Å². The number of nitrogens with zero attached hydrogens (tertiary/aromatic N) is 2. The van der Waals surface area contributed by atoms with Gasteiger partial charge in [-0.25, -0.2) is 4.79 Å². The van der Waals surface area contributed by atoms with Gasteiger partial charge in [-0.15, -0.1) is 0 Å². The van der Waals surface area contributed by atoms with Crippen LogP contribution in [0.25, 0.3) is 0 Å². The average molecular weight is 363 g/mol. The van der Waals surface area contributed by atoms with Gasteiger partial charge in [-0.2, -0.15) is 0 Å². The Labute approximate surface area is 154 Å². The second kappa shape index (κ2) is 8.56. The molecule has 7 nitrogen and oxygen atoms in total. The van der Waals surface area contributed by atoms with Crippen molar-refractivity contribution in [1.29, 1.82) is 0 Å². The Bertz CT molecular complexity index is 593. The number of ether oxygens (including phenoxy) is 1. The second-order valence-corrected chi connectivity index (χ2v) is 7.47. The predicted octanol–water partition coefficient (Wildman–Crippen LogP) is 3.22. The number of hydrogen-bond donors (Lipinski definition) is 1. The Morgan fingerprint density at radius 1 is 1.08 bits per heavy atom. The van der Waals surface area contributed by atoms with E-state index in [0.29, 0.717) is 5.69 Å². The molecule has 0 aromatic carbocycles. The number of aryl methyl sites for hydroxylation is 1. The Hall–Kier alpha value is -2.05. The van der Waals surface area contributed by atoms with Crippen molar-refractivity contribution < 1.29 is 18.8 Å². The van der Waals surface area contributed by atoms with E-state index in [1.54, 1.807) is 6.92 Å². The Kier molecular flexibility index (Phi) is 6.16. The minimum Gasteiger partial charge on any atom is -0.452 e. The summed E-state index contributed by atoms with van der Waals surface area (Å²) in [6.45, 7) is 1.37. The first-order chi connectivity index (χ1) is 12.6. The molecule has 0 saturated heterocycles. The fraction of sp³-hybridized carbons (Fsp3) is 0.737. The molecule has 0 radical (unpaired) electrons. The Morgan fingerprint density at radius 3 is 2.08 bits per heavy atom. The highest BCUT2D eigenvalue weighted by Crippen LogP contribution is 2.30. The summed E-state index contributed by atoms with van der Waals surface area (Å²) >= 11 is 0. The van der Waals surface area contributed by atoms with Gasteiger partial charge < -0.3 is 19.9 Å². The van der Waals surface area contributed by atoms with Crippen molar-refractivity contribution >= 4 is 17.8 Å². The van der Waals surface area contributed by atoms with Gasteiger partial charge in [0.2, 0.25) is 5.88 Å². The molecule has 0 spiro atoms. The first-order valence-corrected chi connectivity index (χ1v) is 9.78. The van der Waals surface area contributed by atoms with Gasteiger partial charge in [0.1, 0.15) is 5.56 Å². The largest absolute Gasteiger partial charge is 0.452 e. The van der Waals surface area contributed by atoms with Crippen molar-refractivity contribution in [3.05, 3.63) is 11.3 Å². The summed E-state index contributed by atoms with van der Waals surface area (Å²) in [7, 11) is 0. The molecule has 2 saturated carbocycles. The van der Waals surface area contributed by atoms with Gasteiger partial charge in [0, 0.05) is 12.1 Å². The molecular weight excluding hydrogens is 334 g/mol. The van der Waals surface area contributed by atoms with Crippen LogP contribution in [0.1, 0.15) is 80.3 Å². The molecule has 1 heterocycles. The fourth-order valence-electron chi connectivity index (χ4n) is 4.33. The number of nitrogens with two attached hydrogens (primary N) is 1. The van der Waals surface area contributed by atoms with E-state index < -0.39 is 5.97 Å². The number of amides is 1. The summed E-state index contributed by atoms with van der Waals surface area (Å²) in [5, 5.41) is 3.65. The van der Waals surface area contributed by atoms with Gasteiger partial charge in [-0.1, -0.05) is 43.7 Å². The molecule has 3 rings (SSSR count). The molecule has 1 amide bonds. The maximum Gasteiger partial charge on any atom is 0.346 e. The van der Waals surface area contributed by atoms with E-state index in [0.717, 1.165) is 51.4 Å². The fourth-order valence-corrected chi connectivity index (χ4v) is 4.33. The quantitative estimate of drug-likeness (QED) is 0.807. The van der Waals surface area contributed by atoms with E-state index in [1.807, 2.05) is 4.90 Å². The highest BCUT2D eigenvalue weighted by atomic mass is 16.5. The molecule has 7 heteroatoms. The Morgan fingerprint density at radius 2 is 1.62 bits per heavy atom. The lowest BCUT2D eigenvalue weighted by atomic mass is 9.88. The summed E-state index contributed by atoms with van der Waals surface area (Å²) in [5.74, 6) is -0.817. The lowest BCUT2D eigenvalue weighted by Crippen LogP contribution is -2.50. The number of hydrogen-bond acceptors (Lipinski definition) is 6. The summed E-state index contributed by atoms with van der Waals surface area (Å²) in [6, 6.07) is 0.556. The molecule has 2 N–H and O–H groups in total. The molecule has 0 atom stereocenters. The van der Waals surface area contributed by atoms with Gasteiger partial charge in [-0.05, 0) is 32.6 Å². The maximum absolute atomic E-state index is 13.0. The van der Waals surface area contributed by atoms with Gasteiger partial charge in [0.05, 0.1) is 5.69 Å². The first-order valence-electron chi connectivity index (χ1n) is 9.78. The van der Waals surface area contributed by atoms with Gasteiger partial charge in [-0.3, -0.25) is 4.79 Å². The van der Waals surface area contributed by atoms with Gasteiger partial charge in [0.15, 0.2) is 6.61 Å². The van der Waals surface area contributed by atoms with Crippen LogP contribution in [0.5, 0.6) is 0 Å².